The zero-order chi connectivity index (χ0) is 88.9. The predicted molar refractivity (Wildman–Crippen MR) is 447 cm³/mol. The number of benzene rings is 7. The van der Waals surface area contributed by atoms with Gasteiger partial charge in [0.25, 0.3) is 0 Å². The van der Waals surface area contributed by atoms with E-state index in [2.05, 4.69) is 9.97 Å². The number of nitrogens with zero attached hydrogens (tertiary/aromatic N) is 2. The van der Waals surface area contributed by atoms with Crippen LogP contribution in [-0.4, -0.2) is 143 Å². The normalized spacial score (nSPS) is 17.2. The molecule has 2 atom stereocenters. The number of hydrogen-bond donors (Lipinski definition) is 0. The number of pyridine rings is 2. The second-order valence-electron chi connectivity index (χ2n) is 29.8. The Morgan fingerprint density at radius 3 is 1.21 bits per heavy atom. The lowest BCUT2D eigenvalue weighted by molar-refractivity contribution is -0.149. The molecule has 0 unspecified atom stereocenters. The Morgan fingerprint density at radius 2 is 0.792 bits per heavy atom. The molecule has 6 heterocycles. The molecule has 0 bridgehead atoms. The molecule has 13 rings (SSSR count). The first-order chi connectivity index (χ1) is 55.8. The van der Waals surface area contributed by atoms with Crippen molar-refractivity contribution in [2.24, 2.45) is 0 Å². The molecule has 0 fully saturated rings. The highest BCUT2D eigenvalue weighted by molar-refractivity contribution is 7.91. The Labute approximate surface area is 700 Å². The Kier molecular flexibility index (Phi) is 28.3. The summed E-state index contributed by atoms with van der Waals surface area (Å²) in [6.45, 7) is 20.1. The summed E-state index contributed by atoms with van der Waals surface area (Å²) in [4.78, 5) is 58.5. The van der Waals surface area contributed by atoms with Crippen LogP contribution in [0.25, 0.3) is 55.8 Å². The van der Waals surface area contributed by atoms with Crippen LogP contribution in [0.2, 0.25) is 5.02 Å². The predicted octanol–water partition coefficient (Wildman–Crippen LogP) is 16.5. The Hall–Kier alpha value is -11.0. The fourth-order valence-electron chi connectivity index (χ4n) is 13.0. The number of esters is 4. The third-order valence-corrected chi connectivity index (χ3v) is 25.0. The molecule has 9 aromatic rings. The van der Waals surface area contributed by atoms with Crippen LogP contribution in [0.5, 0.6) is 0 Å². The molecule has 0 spiro atoms. The SMILES string of the molecule is CC(C)OC1=C(c2ccc(S(C)(=O)=O)cc2)C(C)(C)OC1=O.CC[C@@]1(C)OC(=O)C(c2ccc(F)c(F)c2)=C1c1ccc(S(C)(=O)=O)cc1.CC[C@]1(C)OC(=O)C(OC(C)C)=C1c1ccc(S(C)(=O)=O)cc1.CS(=O)(=O)c1ccc(C2=C(c3cc(F)cc(F)c3)C(=O)OC2)cc1.Cc1ccc(-c2ncc(Cl)cc2-c2ccc(S(C)(=O)=O)cc2)cn1. The summed E-state index contributed by atoms with van der Waals surface area (Å²) >= 11 is 6.11. The monoisotopic (exact) mass is 1760 g/mol. The topological polar surface area (TPSA) is 320 Å². The van der Waals surface area contributed by atoms with Crippen LogP contribution in [0.4, 0.5) is 17.6 Å². The summed E-state index contributed by atoms with van der Waals surface area (Å²) in [5.41, 5.74) is 6.96. The van der Waals surface area contributed by atoms with Crippen molar-refractivity contribution in [3.05, 3.63) is 267 Å². The average Bonchev–Trinajstić information content (AvgIpc) is 1.60. The molecule has 0 radical (unpaired) electrons. The Balaban J connectivity index is 0.000000171. The maximum Gasteiger partial charge on any atom is 0.374 e. The average molecular weight is 1760 g/mol. The second-order valence-corrected chi connectivity index (χ2v) is 40.3. The third kappa shape index (κ3) is 22.2. The molecule has 120 heavy (non-hydrogen) atoms. The molecule has 0 N–H and O–H groups in total. The van der Waals surface area contributed by atoms with Gasteiger partial charge in [0.15, 0.2) is 60.8 Å². The molecule has 4 aliphatic heterocycles. The number of hydrogen-bond acceptors (Lipinski definition) is 22. The van der Waals surface area contributed by atoms with Gasteiger partial charge in [0, 0.05) is 77.7 Å². The number of aryl methyl sites for hydroxylation is 1. The number of aromatic nitrogens is 2. The molecule has 634 valence electrons. The van der Waals surface area contributed by atoms with Crippen molar-refractivity contribution >= 4 is 118 Å². The Morgan fingerprint density at radius 1 is 0.408 bits per heavy atom. The van der Waals surface area contributed by atoms with Crippen LogP contribution < -0.4 is 0 Å². The lowest BCUT2D eigenvalue weighted by atomic mass is 9.84. The van der Waals surface area contributed by atoms with Gasteiger partial charge in [-0.15, -0.1) is 0 Å². The molecule has 2 aromatic heterocycles. The molecule has 0 saturated carbocycles. The van der Waals surface area contributed by atoms with E-state index in [1.54, 1.807) is 93.8 Å². The largest absolute Gasteiger partial charge is 0.484 e. The van der Waals surface area contributed by atoms with E-state index in [1.165, 1.54) is 73.0 Å². The van der Waals surface area contributed by atoms with Crippen molar-refractivity contribution in [3.63, 3.8) is 0 Å². The van der Waals surface area contributed by atoms with Crippen molar-refractivity contribution in [3.8, 4) is 22.4 Å². The van der Waals surface area contributed by atoms with Gasteiger partial charge in [-0.05, 0) is 217 Å². The van der Waals surface area contributed by atoms with Crippen LogP contribution in [0.15, 0.2) is 224 Å². The maximum absolute atomic E-state index is 13.7. The van der Waals surface area contributed by atoms with Crippen LogP contribution in [0.3, 0.4) is 0 Å². The van der Waals surface area contributed by atoms with E-state index in [-0.39, 0.29) is 77.1 Å². The minimum absolute atomic E-state index is 0.0511. The van der Waals surface area contributed by atoms with Gasteiger partial charge in [0.1, 0.15) is 35.0 Å². The van der Waals surface area contributed by atoms with Gasteiger partial charge in [-0.2, -0.15) is 0 Å². The van der Waals surface area contributed by atoms with E-state index in [4.69, 9.17) is 40.0 Å². The second kappa shape index (κ2) is 36.5. The molecule has 32 heteroatoms. The Bertz CT molecular complexity index is 6220. The highest BCUT2D eigenvalue weighted by Gasteiger charge is 2.47. The molecular weight excluding hydrogens is 1680 g/mol. The standard InChI is InChI=1S/C20H18F2O4S.C18H15ClN2O2S.C17H12F2O4S.C17H22O5S.C16H20O5S/c1-4-20(2)18(12-5-8-14(9-6-12)27(3,24)25)17(19(23)26-20)13-7-10-15(21)16(22)11-13;1-12-3-4-14(10-20-12)18-17(9-15(19)11-21-18)13-5-7-16(8-6-13)24(2,22)23;1-24(21,22)14-4-2-10(3-5-14)15-9-23-17(20)16(15)11-6-12(18)8-13(19)7-11;1-6-17(4)14(15(16(18)22-17)21-11(2)3)12-7-9-13(10-8-12)23(5,19)20;1-10(2)20-14-13(16(3,4)21-15(14)17)11-6-8-12(9-7-11)22(5,18)19/h5-11H,4H2,1-3H3;3-11H,1-2H3;2-8H,9H2,1H3;7-11H,6H2,1-5H3;6-10H,1-5H3/t20-;;;17-;/m1..0./s1. The number of cyclic esters (lactones) is 4. The van der Waals surface area contributed by atoms with Gasteiger partial charge in [-0.3, -0.25) is 9.97 Å². The summed E-state index contributed by atoms with van der Waals surface area (Å²) in [6, 6.07) is 43.2. The van der Waals surface area contributed by atoms with Crippen molar-refractivity contribution in [2.75, 3.05) is 37.9 Å². The molecule has 0 saturated heterocycles. The maximum atomic E-state index is 13.7. The van der Waals surface area contributed by atoms with Gasteiger partial charge in [0.05, 0.1) is 69.7 Å². The van der Waals surface area contributed by atoms with Crippen molar-refractivity contribution in [1.82, 2.24) is 9.97 Å². The van der Waals surface area contributed by atoms with E-state index in [1.807, 2.05) is 73.6 Å². The summed E-state index contributed by atoms with van der Waals surface area (Å²) in [6.07, 6.45) is 9.76. The van der Waals surface area contributed by atoms with Crippen molar-refractivity contribution < 1.29 is 107 Å². The minimum Gasteiger partial charge on any atom is -0.484 e. The van der Waals surface area contributed by atoms with Crippen LogP contribution in [0.1, 0.15) is 121 Å². The molecular formula is C88H87ClF4N2O20S5. The number of carbonyl (C=O) groups is 4. The van der Waals surface area contributed by atoms with E-state index in [0.29, 0.717) is 62.9 Å². The van der Waals surface area contributed by atoms with Crippen LogP contribution in [-0.2, 0) is 96.8 Å². The highest BCUT2D eigenvalue weighted by atomic mass is 35.5. The summed E-state index contributed by atoms with van der Waals surface area (Å²) < 4.78 is 203. The lowest BCUT2D eigenvalue weighted by Gasteiger charge is -2.25. The van der Waals surface area contributed by atoms with E-state index >= 15 is 0 Å². The first kappa shape index (κ1) is 92.9. The van der Waals surface area contributed by atoms with E-state index < -0.39 is 113 Å². The van der Waals surface area contributed by atoms with E-state index in [0.717, 1.165) is 82.9 Å². The van der Waals surface area contributed by atoms with Crippen molar-refractivity contribution in [2.45, 2.75) is 142 Å². The lowest BCUT2D eigenvalue weighted by Crippen LogP contribution is -2.26. The van der Waals surface area contributed by atoms with Crippen LogP contribution >= 0.6 is 11.6 Å². The molecule has 4 aliphatic rings. The van der Waals surface area contributed by atoms with Gasteiger partial charge in [-0.25, -0.2) is 78.8 Å². The number of rotatable bonds is 19. The summed E-state index contributed by atoms with van der Waals surface area (Å²) in [5, 5.41) is 0.515. The first-order valence-electron chi connectivity index (χ1n) is 37.0. The minimum atomic E-state index is -3.37. The first-order valence-corrected chi connectivity index (χ1v) is 46.8. The third-order valence-electron chi connectivity index (χ3n) is 19.2. The summed E-state index contributed by atoms with van der Waals surface area (Å²) in [5.74, 6) is -5.58. The molecule has 0 amide bonds. The van der Waals surface area contributed by atoms with E-state index in [9.17, 15) is 78.8 Å². The van der Waals surface area contributed by atoms with Crippen molar-refractivity contribution in [1.29, 1.82) is 0 Å². The number of ether oxygens (including phenoxy) is 6. The van der Waals surface area contributed by atoms with Gasteiger partial charge in [-0.1, -0.05) is 92.2 Å². The highest BCUT2D eigenvalue weighted by Crippen LogP contribution is 2.48. The number of sulfone groups is 5. The number of carbonyl (C=O) groups excluding carboxylic acids is 4. The zero-order valence-electron chi connectivity index (χ0n) is 68.2. The molecule has 0 aliphatic carbocycles. The van der Waals surface area contributed by atoms with Gasteiger partial charge >= 0.3 is 23.9 Å². The smallest absolute Gasteiger partial charge is 0.374 e. The molecule has 22 nitrogen and oxygen atoms in total. The van der Waals surface area contributed by atoms with Gasteiger partial charge < -0.3 is 28.4 Å². The zero-order valence-corrected chi connectivity index (χ0v) is 73.0. The fraction of sp³-hybridized carbons (Fsp3) is 0.273. The molecule has 7 aromatic carbocycles. The van der Waals surface area contributed by atoms with Gasteiger partial charge in [0.2, 0.25) is 11.5 Å². The summed E-state index contributed by atoms with van der Waals surface area (Å²) in [7, 11) is -16.5. The fourth-order valence-corrected chi connectivity index (χ4v) is 16.3. The van der Waals surface area contributed by atoms with Crippen LogP contribution in [0, 0.1) is 30.2 Å². The number of halogens is 5. The quantitative estimate of drug-likeness (QED) is 0.0412.